The van der Waals surface area contributed by atoms with E-state index < -0.39 is 11.2 Å². The van der Waals surface area contributed by atoms with E-state index in [2.05, 4.69) is 132 Å². The number of amides is 2. The number of piperazine rings is 2. The van der Waals surface area contributed by atoms with Crippen LogP contribution in [0, 0.1) is 0 Å². The Kier molecular flexibility index (Phi) is 28.1. The number of benzene rings is 4. The van der Waals surface area contributed by atoms with Crippen LogP contribution in [-0.4, -0.2) is 196 Å². The average molecular weight is 1360 g/mol. The number of hydrogen-bond acceptors (Lipinski definition) is 16. The molecule has 18 nitrogen and oxygen atoms in total. The molecule has 3 N–H and O–H groups in total. The molecule has 10 rings (SSSR count). The smallest absolute Gasteiger partial charge is 0.410 e. The van der Waals surface area contributed by atoms with Gasteiger partial charge in [-0.05, 0) is 169 Å². The molecule has 2 aliphatic heterocycles. The summed E-state index contributed by atoms with van der Waals surface area (Å²) in [4.78, 5) is 47.1. The summed E-state index contributed by atoms with van der Waals surface area (Å²) >= 11 is 5.64. The molecule has 2 saturated heterocycles. The van der Waals surface area contributed by atoms with Crippen LogP contribution in [0.2, 0.25) is 0 Å². The Hall–Kier alpha value is -7.58. The number of alkyl halides is 1. The van der Waals surface area contributed by atoms with Crippen LogP contribution in [0.1, 0.15) is 96.9 Å². The summed E-state index contributed by atoms with van der Waals surface area (Å²) in [5, 5.41) is 18.9. The maximum Gasteiger partial charge on any atom is 0.410 e. The number of aromatic hydroxyl groups is 1. The SMILES string of the molecule is CC(C)(C)OC(=O)N1CCN(CCNc2ccnc3oc(-c4ccc(O)cc4)c(-c4ccccc4)c23)CC1.CC(C)N(CCCl)C(C)C.CC(C)N(CCOc1ccc(-c2oc3nccc(NCCN4CCN(C(=O)OC(C)(C)C)CC4)c3c2-c2ccccc2)cc1)C(C)C.Cl. The van der Waals surface area contributed by atoms with E-state index in [0.29, 0.717) is 74.1 Å². The molecule has 0 atom stereocenters. The Morgan fingerprint density at radius 1 is 0.531 bits per heavy atom. The summed E-state index contributed by atoms with van der Waals surface area (Å²) in [6.45, 7) is 40.6. The first kappa shape index (κ1) is 75.8. The number of nitrogens with zero attached hydrogens (tertiary/aromatic N) is 8. The van der Waals surface area contributed by atoms with Gasteiger partial charge in [0.05, 0.1) is 10.8 Å². The molecule has 0 bridgehead atoms. The minimum absolute atomic E-state index is 0. The lowest BCUT2D eigenvalue weighted by Crippen LogP contribution is -2.50. The van der Waals surface area contributed by atoms with Gasteiger partial charge in [-0.15, -0.1) is 24.0 Å². The van der Waals surface area contributed by atoms with E-state index in [1.165, 1.54) is 0 Å². The molecule has 0 aliphatic carbocycles. The molecule has 96 heavy (non-hydrogen) atoms. The number of phenols is 1. The van der Waals surface area contributed by atoms with Crippen molar-refractivity contribution in [3.63, 3.8) is 0 Å². The zero-order valence-corrected chi connectivity index (χ0v) is 60.6. The number of nitrogens with one attached hydrogen (secondary N) is 2. The summed E-state index contributed by atoms with van der Waals surface area (Å²) in [6.07, 6.45) is 3.07. The van der Waals surface area contributed by atoms with Gasteiger partial charge >= 0.3 is 12.2 Å². The molecule has 4 aromatic heterocycles. The van der Waals surface area contributed by atoms with Crippen molar-refractivity contribution in [3.8, 4) is 56.4 Å². The summed E-state index contributed by atoms with van der Waals surface area (Å²) in [6, 6.07) is 41.8. The number of pyridine rings is 2. The number of ether oxygens (including phenoxy) is 3. The first-order valence-corrected chi connectivity index (χ1v) is 34.3. The summed E-state index contributed by atoms with van der Waals surface area (Å²) in [5.41, 5.74) is 8.03. The van der Waals surface area contributed by atoms with Crippen LogP contribution in [0.5, 0.6) is 11.5 Å². The largest absolute Gasteiger partial charge is 0.508 e. The highest BCUT2D eigenvalue weighted by Gasteiger charge is 2.29. The standard InChI is InChI=1S/C38H51N5O4.C30H34N4O4.C8H18ClN.ClH/c1-27(2)43(28(3)4)25-26-45-31-15-13-30(14-16-31)35-33(29-11-9-8-10-12-29)34-32(17-18-40-36(34)46-35)39-19-20-41-21-23-42(24-22-41)37(44)47-38(5,6)7;1-30(2,3)38-29(36)34-19-17-33(18-20-34)16-15-31-24-13-14-32-28-26(24)25(21-7-5-4-6-8-21)27(37-28)22-9-11-23(35)12-10-22;1-7(2)10(6-5-9)8(3)4;/h8-18,27-28H,19-26H2,1-7H3,(H,39,40);4-14,35H,15-20H2,1-3H3,(H,31,32);7-8H,5-6H2,1-4H3;1H. The summed E-state index contributed by atoms with van der Waals surface area (Å²) in [5.74, 6) is 3.27. The molecule has 2 aliphatic rings. The molecule has 4 aromatic carbocycles. The van der Waals surface area contributed by atoms with Crippen LogP contribution in [0.25, 0.3) is 67.1 Å². The molecule has 6 heterocycles. The normalized spacial score (nSPS) is 14.1. The quantitative estimate of drug-likeness (QED) is 0.0546. The van der Waals surface area contributed by atoms with E-state index >= 15 is 0 Å². The van der Waals surface area contributed by atoms with E-state index in [1.54, 1.807) is 34.3 Å². The maximum atomic E-state index is 12.5. The highest BCUT2D eigenvalue weighted by atomic mass is 35.5. The molecule has 2 fully saturated rings. The number of carbonyl (C=O) groups excluding carboxylic acids is 2. The van der Waals surface area contributed by atoms with Gasteiger partial charge in [0.15, 0.2) is 0 Å². The van der Waals surface area contributed by atoms with Gasteiger partial charge in [0, 0.05) is 168 Å². The molecule has 0 radical (unpaired) electrons. The molecule has 0 spiro atoms. The Bertz CT molecular complexity index is 3630. The topological polar surface area (TPSA) is 178 Å². The van der Waals surface area contributed by atoms with Crippen molar-refractivity contribution in [2.75, 3.05) is 115 Å². The van der Waals surface area contributed by atoms with Crippen molar-refractivity contribution in [1.29, 1.82) is 0 Å². The van der Waals surface area contributed by atoms with Crippen molar-refractivity contribution in [2.24, 2.45) is 0 Å². The second-order valence-corrected chi connectivity index (χ2v) is 27.7. The van der Waals surface area contributed by atoms with Crippen LogP contribution in [0.3, 0.4) is 0 Å². The summed E-state index contributed by atoms with van der Waals surface area (Å²) in [7, 11) is 0. The fourth-order valence-electron chi connectivity index (χ4n) is 12.1. The van der Waals surface area contributed by atoms with Crippen molar-refractivity contribution in [3.05, 3.63) is 134 Å². The number of anilines is 2. The minimum atomic E-state index is -0.486. The van der Waals surface area contributed by atoms with Crippen molar-refractivity contribution < 1.29 is 37.7 Å². The monoisotopic (exact) mass is 1350 g/mol. The van der Waals surface area contributed by atoms with Crippen LogP contribution in [-0.2, 0) is 9.47 Å². The fraction of sp³-hybridized carbons (Fsp3) is 0.474. The van der Waals surface area contributed by atoms with E-state index in [1.807, 2.05) is 114 Å². The lowest BCUT2D eigenvalue weighted by atomic mass is 9.98. The van der Waals surface area contributed by atoms with Crippen molar-refractivity contribution in [1.82, 2.24) is 39.4 Å². The Morgan fingerprint density at radius 2 is 0.906 bits per heavy atom. The lowest BCUT2D eigenvalue weighted by Gasteiger charge is -2.35. The van der Waals surface area contributed by atoms with Gasteiger partial charge in [-0.2, -0.15) is 0 Å². The van der Waals surface area contributed by atoms with Crippen molar-refractivity contribution in [2.45, 2.75) is 132 Å². The average Bonchev–Trinajstić information content (AvgIpc) is 1.61. The number of rotatable bonds is 22. The second kappa shape index (κ2) is 35.6. The van der Waals surface area contributed by atoms with E-state index in [-0.39, 0.29) is 30.3 Å². The van der Waals surface area contributed by atoms with E-state index in [0.717, 1.165) is 138 Å². The van der Waals surface area contributed by atoms with Crippen molar-refractivity contribution >= 4 is 69.8 Å². The molecule has 20 heteroatoms. The van der Waals surface area contributed by atoms with E-state index in [9.17, 15) is 14.7 Å². The molecular formula is C76H104Cl2N10O8. The third kappa shape index (κ3) is 21.5. The first-order chi connectivity index (χ1) is 45.4. The second-order valence-electron chi connectivity index (χ2n) is 27.4. The van der Waals surface area contributed by atoms with Crippen LogP contribution >= 0.6 is 24.0 Å². The predicted molar refractivity (Wildman–Crippen MR) is 394 cm³/mol. The number of carbonyl (C=O) groups is 2. The first-order valence-electron chi connectivity index (χ1n) is 33.8. The molecule has 2 amide bonds. The predicted octanol–water partition coefficient (Wildman–Crippen LogP) is 16.2. The van der Waals surface area contributed by atoms with E-state index in [4.69, 9.17) is 34.6 Å². The highest BCUT2D eigenvalue weighted by Crippen LogP contribution is 2.45. The van der Waals surface area contributed by atoms with Gasteiger partial charge in [-0.3, -0.25) is 19.6 Å². The number of aromatic nitrogens is 2. The third-order valence-corrected chi connectivity index (χ3v) is 16.9. The molecule has 0 unspecified atom stereocenters. The number of fused-ring (bicyclic) bond motifs is 2. The Morgan fingerprint density at radius 3 is 1.26 bits per heavy atom. The van der Waals surface area contributed by atoms with Gasteiger partial charge in [0.2, 0.25) is 11.4 Å². The number of hydrogen-bond donors (Lipinski definition) is 3. The zero-order chi connectivity index (χ0) is 68.4. The van der Waals surface area contributed by atoms with Crippen LogP contribution < -0.4 is 15.4 Å². The minimum Gasteiger partial charge on any atom is -0.508 e. The van der Waals surface area contributed by atoms with Crippen LogP contribution in [0.4, 0.5) is 21.0 Å². The molecule has 0 saturated carbocycles. The van der Waals surface area contributed by atoms with Gasteiger partial charge < -0.3 is 48.6 Å². The molecular weight excluding hydrogens is 1250 g/mol. The fourth-order valence-corrected chi connectivity index (χ4v) is 12.3. The molecule has 8 aromatic rings. The number of furan rings is 2. The number of halogens is 2. The van der Waals surface area contributed by atoms with Gasteiger partial charge in [-0.25, -0.2) is 19.6 Å². The highest BCUT2D eigenvalue weighted by molar-refractivity contribution is 6.18. The van der Waals surface area contributed by atoms with Gasteiger partial charge in [0.1, 0.15) is 40.8 Å². The maximum absolute atomic E-state index is 12.5. The van der Waals surface area contributed by atoms with Crippen LogP contribution in [0.15, 0.2) is 143 Å². The van der Waals surface area contributed by atoms with Gasteiger partial charge in [-0.1, -0.05) is 60.7 Å². The Balaban J connectivity index is 0.000000238. The Labute approximate surface area is 581 Å². The van der Waals surface area contributed by atoms with Gasteiger partial charge in [0.25, 0.3) is 0 Å². The molecule has 520 valence electrons. The third-order valence-electron chi connectivity index (χ3n) is 16.7. The zero-order valence-electron chi connectivity index (χ0n) is 59.0. The number of phenolic OH excluding ortho intramolecular Hbond substituents is 1. The summed E-state index contributed by atoms with van der Waals surface area (Å²) < 4.78 is 30.0. The lowest BCUT2D eigenvalue weighted by molar-refractivity contribution is 0.0139.